The summed E-state index contributed by atoms with van der Waals surface area (Å²) in [4.78, 5) is 0. The average Bonchev–Trinajstić information content (AvgIpc) is 3.19. The molecular formula is C16H23NO3. The molecule has 1 unspecified atom stereocenters. The Morgan fingerprint density at radius 3 is 2.75 bits per heavy atom. The standard InChI is InChI=1S/C16H23NO3/c1-3-11(2)9-18-14-7-16-15(19-10-20-16)6-12(14)8-17-13-4-5-13/h6-7,11,13,17H,3-5,8-10H2,1-2H3. The van der Waals surface area contributed by atoms with Crippen LogP contribution < -0.4 is 19.5 Å². The Hall–Kier alpha value is -1.42. The molecule has 0 radical (unpaired) electrons. The van der Waals surface area contributed by atoms with Crippen molar-refractivity contribution in [1.29, 1.82) is 0 Å². The molecule has 1 aliphatic heterocycles. The van der Waals surface area contributed by atoms with E-state index in [-0.39, 0.29) is 0 Å². The minimum atomic E-state index is 0.305. The van der Waals surface area contributed by atoms with Crippen LogP contribution >= 0.6 is 0 Å². The number of hydrogen-bond donors (Lipinski definition) is 1. The highest BCUT2D eigenvalue weighted by atomic mass is 16.7. The molecule has 1 heterocycles. The highest BCUT2D eigenvalue weighted by molar-refractivity contribution is 5.51. The summed E-state index contributed by atoms with van der Waals surface area (Å²) in [5.74, 6) is 3.10. The van der Waals surface area contributed by atoms with Crippen molar-refractivity contribution in [2.45, 2.75) is 45.7 Å². The predicted octanol–water partition coefficient (Wildman–Crippen LogP) is 3.09. The minimum absolute atomic E-state index is 0.305. The molecule has 1 atom stereocenters. The molecule has 1 fully saturated rings. The summed E-state index contributed by atoms with van der Waals surface area (Å²) in [6, 6.07) is 4.70. The fraction of sp³-hybridized carbons (Fsp3) is 0.625. The van der Waals surface area contributed by atoms with Crippen LogP contribution in [0.15, 0.2) is 12.1 Å². The maximum absolute atomic E-state index is 5.99. The lowest BCUT2D eigenvalue weighted by atomic mass is 10.1. The molecular weight excluding hydrogens is 254 g/mol. The molecule has 2 aliphatic rings. The molecule has 1 aliphatic carbocycles. The third-order valence-corrected chi connectivity index (χ3v) is 3.93. The fourth-order valence-electron chi connectivity index (χ4n) is 2.13. The average molecular weight is 277 g/mol. The number of rotatable bonds is 7. The fourth-order valence-corrected chi connectivity index (χ4v) is 2.13. The predicted molar refractivity (Wildman–Crippen MR) is 77.4 cm³/mol. The molecule has 0 aromatic heterocycles. The molecule has 1 aromatic carbocycles. The molecule has 0 amide bonds. The van der Waals surface area contributed by atoms with Gasteiger partial charge in [-0.3, -0.25) is 0 Å². The van der Waals surface area contributed by atoms with E-state index in [0.717, 1.165) is 42.4 Å². The first kappa shape index (κ1) is 13.6. The SMILES string of the molecule is CCC(C)COc1cc2c(cc1CNC1CC1)OCO2. The number of nitrogens with one attached hydrogen (secondary N) is 1. The van der Waals surface area contributed by atoms with Gasteiger partial charge >= 0.3 is 0 Å². The Kier molecular flexibility index (Phi) is 4.01. The highest BCUT2D eigenvalue weighted by Gasteiger charge is 2.23. The lowest BCUT2D eigenvalue weighted by Crippen LogP contribution is -2.17. The third kappa shape index (κ3) is 3.18. The second-order valence-electron chi connectivity index (χ2n) is 5.79. The normalized spacial score (nSPS) is 18.1. The van der Waals surface area contributed by atoms with Crippen molar-refractivity contribution in [2.24, 2.45) is 5.92 Å². The summed E-state index contributed by atoms with van der Waals surface area (Å²) in [5.41, 5.74) is 1.16. The van der Waals surface area contributed by atoms with E-state index in [1.165, 1.54) is 12.8 Å². The Balaban J connectivity index is 1.73. The van der Waals surface area contributed by atoms with Crippen LogP contribution in [0.5, 0.6) is 17.2 Å². The van der Waals surface area contributed by atoms with Crippen molar-refractivity contribution >= 4 is 0 Å². The van der Waals surface area contributed by atoms with E-state index >= 15 is 0 Å². The summed E-state index contributed by atoms with van der Waals surface area (Å²) in [5, 5.41) is 3.53. The quantitative estimate of drug-likeness (QED) is 0.831. The van der Waals surface area contributed by atoms with E-state index < -0.39 is 0 Å². The molecule has 0 saturated heterocycles. The molecule has 0 bridgehead atoms. The molecule has 110 valence electrons. The van der Waals surface area contributed by atoms with E-state index in [4.69, 9.17) is 14.2 Å². The smallest absolute Gasteiger partial charge is 0.231 e. The zero-order valence-electron chi connectivity index (χ0n) is 12.3. The largest absolute Gasteiger partial charge is 0.493 e. The zero-order valence-corrected chi connectivity index (χ0v) is 12.3. The number of fused-ring (bicyclic) bond motifs is 1. The number of hydrogen-bond acceptors (Lipinski definition) is 4. The zero-order chi connectivity index (χ0) is 13.9. The van der Waals surface area contributed by atoms with Gasteiger partial charge in [0.15, 0.2) is 11.5 Å². The van der Waals surface area contributed by atoms with Gasteiger partial charge in [-0.15, -0.1) is 0 Å². The molecule has 1 aromatic rings. The van der Waals surface area contributed by atoms with Gasteiger partial charge in [-0.05, 0) is 24.8 Å². The monoisotopic (exact) mass is 277 g/mol. The summed E-state index contributed by atoms with van der Waals surface area (Å²) >= 11 is 0. The van der Waals surface area contributed by atoms with E-state index in [1.54, 1.807) is 0 Å². The van der Waals surface area contributed by atoms with Gasteiger partial charge in [0.2, 0.25) is 6.79 Å². The van der Waals surface area contributed by atoms with Crippen molar-refractivity contribution < 1.29 is 14.2 Å². The Bertz CT molecular complexity index is 471. The van der Waals surface area contributed by atoms with Crippen molar-refractivity contribution in [3.63, 3.8) is 0 Å². The lowest BCUT2D eigenvalue weighted by molar-refractivity contribution is 0.173. The Morgan fingerprint density at radius 1 is 1.30 bits per heavy atom. The van der Waals surface area contributed by atoms with Gasteiger partial charge in [-0.1, -0.05) is 20.3 Å². The maximum atomic E-state index is 5.99. The molecule has 1 saturated carbocycles. The first-order valence-corrected chi connectivity index (χ1v) is 7.55. The number of ether oxygens (including phenoxy) is 3. The van der Waals surface area contributed by atoms with E-state index in [2.05, 4.69) is 19.2 Å². The second kappa shape index (κ2) is 5.92. The van der Waals surface area contributed by atoms with Crippen LogP contribution in [0.4, 0.5) is 0 Å². The first-order chi connectivity index (χ1) is 9.76. The summed E-state index contributed by atoms with van der Waals surface area (Å²) in [7, 11) is 0. The van der Waals surface area contributed by atoms with Gasteiger partial charge in [0.25, 0.3) is 0 Å². The highest BCUT2D eigenvalue weighted by Crippen LogP contribution is 2.38. The lowest BCUT2D eigenvalue weighted by Gasteiger charge is -2.15. The van der Waals surface area contributed by atoms with E-state index in [1.807, 2.05) is 12.1 Å². The van der Waals surface area contributed by atoms with Crippen LogP contribution in [-0.4, -0.2) is 19.4 Å². The summed E-state index contributed by atoms with van der Waals surface area (Å²) < 4.78 is 16.9. The number of benzene rings is 1. The third-order valence-electron chi connectivity index (χ3n) is 3.93. The van der Waals surface area contributed by atoms with Crippen LogP contribution in [0, 0.1) is 5.92 Å². The van der Waals surface area contributed by atoms with Crippen molar-refractivity contribution in [1.82, 2.24) is 5.32 Å². The molecule has 4 heteroatoms. The van der Waals surface area contributed by atoms with Gasteiger partial charge in [0, 0.05) is 24.2 Å². The summed E-state index contributed by atoms with van der Waals surface area (Å²) in [6.45, 7) is 6.27. The molecule has 0 spiro atoms. The van der Waals surface area contributed by atoms with E-state index in [0.29, 0.717) is 18.8 Å². The van der Waals surface area contributed by atoms with Gasteiger partial charge < -0.3 is 19.5 Å². The van der Waals surface area contributed by atoms with Crippen LogP contribution in [-0.2, 0) is 6.54 Å². The first-order valence-electron chi connectivity index (χ1n) is 7.55. The summed E-state index contributed by atoms with van der Waals surface area (Å²) in [6.07, 6.45) is 3.70. The van der Waals surface area contributed by atoms with E-state index in [9.17, 15) is 0 Å². The van der Waals surface area contributed by atoms with Gasteiger partial charge in [-0.25, -0.2) is 0 Å². The van der Waals surface area contributed by atoms with Crippen molar-refractivity contribution in [3.05, 3.63) is 17.7 Å². The second-order valence-corrected chi connectivity index (χ2v) is 5.79. The molecule has 3 rings (SSSR count). The minimum Gasteiger partial charge on any atom is -0.493 e. The topological polar surface area (TPSA) is 39.7 Å². The maximum Gasteiger partial charge on any atom is 0.231 e. The van der Waals surface area contributed by atoms with Crippen molar-refractivity contribution in [3.8, 4) is 17.2 Å². The van der Waals surface area contributed by atoms with Crippen LogP contribution in [0.25, 0.3) is 0 Å². The molecule has 20 heavy (non-hydrogen) atoms. The molecule has 1 N–H and O–H groups in total. The van der Waals surface area contributed by atoms with Crippen LogP contribution in [0.3, 0.4) is 0 Å². The molecule has 4 nitrogen and oxygen atoms in total. The van der Waals surface area contributed by atoms with Gasteiger partial charge in [-0.2, -0.15) is 0 Å². The van der Waals surface area contributed by atoms with Gasteiger partial charge in [0.1, 0.15) is 5.75 Å². The van der Waals surface area contributed by atoms with Crippen molar-refractivity contribution in [2.75, 3.05) is 13.4 Å². The Labute approximate surface area is 120 Å². The van der Waals surface area contributed by atoms with Crippen LogP contribution in [0.2, 0.25) is 0 Å². The van der Waals surface area contributed by atoms with Gasteiger partial charge in [0.05, 0.1) is 6.61 Å². The Morgan fingerprint density at radius 2 is 2.05 bits per heavy atom. The van der Waals surface area contributed by atoms with Crippen LogP contribution in [0.1, 0.15) is 38.7 Å².